The molecule has 1 aliphatic rings. The Labute approximate surface area is 382 Å². The van der Waals surface area contributed by atoms with Gasteiger partial charge in [0.05, 0.1) is 6.61 Å². The third kappa shape index (κ3) is 31.9. The zero-order chi connectivity index (χ0) is 46.2. The number of hydrogen-bond donors (Lipinski definition) is 3. The Morgan fingerprint density at radius 3 is 1.40 bits per heavy atom. The van der Waals surface area contributed by atoms with Gasteiger partial charge in [-0.05, 0) is 38.5 Å². The number of allylic oxidation sites excluding steroid dienone is 2. The minimum atomic E-state index is -1.89. The number of carboxylic acid groups (broad SMARTS) is 1. The second-order valence-corrected chi connectivity index (χ2v) is 17.8. The summed E-state index contributed by atoms with van der Waals surface area (Å²) in [5.41, 5.74) is 0. The maximum Gasteiger partial charge on any atom is 0.335 e. The predicted octanol–water partition coefficient (Wildman–Crippen LogP) is 11.8. The summed E-state index contributed by atoms with van der Waals surface area (Å²) in [5.74, 6) is -3.11. The molecule has 3 N–H and O–H groups in total. The van der Waals surface area contributed by atoms with E-state index >= 15 is 0 Å². The van der Waals surface area contributed by atoms with Crippen LogP contribution in [0.1, 0.15) is 239 Å². The van der Waals surface area contributed by atoms with E-state index in [1.165, 1.54) is 103 Å². The topological polar surface area (TPSA) is 175 Å². The van der Waals surface area contributed by atoms with Crippen LogP contribution in [0.15, 0.2) is 12.2 Å². The van der Waals surface area contributed by atoms with E-state index in [1.54, 1.807) is 0 Å². The van der Waals surface area contributed by atoms with E-state index in [-0.39, 0.29) is 25.9 Å². The normalized spacial score (nSPS) is 19.3. The van der Waals surface area contributed by atoms with Gasteiger partial charge in [0.15, 0.2) is 24.6 Å². The second kappa shape index (κ2) is 40.9. The SMILES string of the molecule is CCCC/C=C\CCCCCCCC(=O)OCC(COC1OC(C(=O)O)C(O)C(O)C1OC(=O)CCCCCCCCCCCCCCC)OC(=O)CCCCCCCCCCC. The molecule has 0 aliphatic carbocycles. The molecule has 12 heteroatoms. The van der Waals surface area contributed by atoms with E-state index in [4.69, 9.17) is 23.7 Å². The van der Waals surface area contributed by atoms with Gasteiger partial charge in [-0.25, -0.2) is 4.79 Å². The van der Waals surface area contributed by atoms with Gasteiger partial charge in [0.25, 0.3) is 0 Å². The van der Waals surface area contributed by atoms with E-state index in [0.29, 0.717) is 19.3 Å². The van der Waals surface area contributed by atoms with Gasteiger partial charge in [0.2, 0.25) is 0 Å². The van der Waals surface area contributed by atoms with Crippen molar-refractivity contribution in [2.24, 2.45) is 0 Å². The molecule has 1 saturated heterocycles. The number of carboxylic acids is 1. The number of rotatable bonds is 43. The van der Waals surface area contributed by atoms with Crippen molar-refractivity contribution in [1.29, 1.82) is 0 Å². The van der Waals surface area contributed by atoms with E-state index < -0.39 is 67.3 Å². The van der Waals surface area contributed by atoms with Crippen LogP contribution in [0.4, 0.5) is 0 Å². The average Bonchev–Trinajstić information content (AvgIpc) is 3.26. The largest absolute Gasteiger partial charge is 0.479 e. The Morgan fingerprint density at radius 2 is 0.921 bits per heavy atom. The van der Waals surface area contributed by atoms with E-state index in [9.17, 15) is 34.5 Å². The van der Waals surface area contributed by atoms with Gasteiger partial charge in [0, 0.05) is 19.3 Å². The summed E-state index contributed by atoms with van der Waals surface area (Å²) in [7, 11) is 0. The lowest BCUT2D eigenvalue weighted by Crippen LogP contribution is -2.61. The first-order chi connectivity index (χ1) is 30.6. The molecule has 63 heavy (non-hydrogen) atoms. The molecule has 0 amide bonds. The molecule has 1 aliphatic heterocycles. The Balaban J connectivity index is 2.72. The highest BCUT2D eigenvalue weighted by atomic mass is 16.7. The number of esters is 3. The molecule has 6 atom stereocenters. The lowest BCUT2D eigenvalue weighted by Gasteiger charge is -2.40. The van der Waals surface area contributed by atoms with Gasteiger partial charge in [-0.1, -0.05) is 193 Å². The van der Waals surface area contributed by atoms with Crippen molar-refractivity contribution >= 4 is 23.9 Å². The number of aliphatic hydroxyl groups is 2. The van der Waals surface area contributed by atoms with Crippen LogP contribution in [0.3, 0.4) is 0 Å². The fourth-order valence-electron chi connectivity index (χ4n) is 7.82. The molecular weight excluding hydrogens is 805 g/mol. The summed E-state index contributed by atoms with van der Waals surface area (Å²) in [6, 6.07) is 0. The van der Waals surface area contributed by atoms with Gasteiger partial charge in [0.1, 0.15) is 18.8 Å². The molecule has 0 aromatic rings. The predicted molar refractivity (Wildman–Crippen MR) is 248 cm³/mol. The number of carbonyl (C=O) groups excluding carboxylic acids is 3. The molecule has 0 spiro atoms. The van der Waals surface area contributed by atoms with Crippen LogP contribution in [0.2, 0.25) is 0 Å². The number of carbonyl (C=O) groups is 4. The summed E-state index contributed by atoms with van der Waals surface area (Å²) >= 11 is 0. The number of aliphatic hydroxyl groups excluding tert-OH is 2. The summed E-state index contributed by atoms with van der Waals surface area (Å²) in [6.07, 6.45) is 29.3. The molecule has 0 aromatic carbocycles. The van der Waals surface area contributed by atoms with Gasteiger partial charge in [-0.15, -0.1) is 0 Å². The maximum atomic E-state index is 13.0. The molecule has 12 nitrogen and oxygen atoms in total. The standard InChI is InChI=1S/C51H92O12/c1-4-7-10-13-16-19-21-22-24-27-30-33-36-39-45(54)62-49-47(56)46(55)48(50(57)58)63-51(49)60-41-42(61-44(53)38-35-32-29-25-18-15-12-9-6-3)40-59-43(52)37-34-31-28-26-23-20-17-14-11-8-5-2/h14,17,42,46-49,51,55-56H,4-13,15-16,18-41H2,1-3H3,(H,57,58)/b17-14-. The van der Waals surface area contributed by atoms with Crippen LogP contribution in [0, 0.1) is 0 Å². The van der Waals surface area contributed by atoms with Crippen molar-refractivity contribution in [2.75, 3.05) is 13.2 Å². The van der Waals surface area contributed by atoms with E-state index in [2.05, 4.69) is 32.9 Å². The van der Waals surface area contributed by atoms with Crippen LogP contribution in [-0.2, 0) is 42.9 Å². The number of aliphatic carboxylic acids is 1. The van der Waals surface area contributed by atoms with Gasteiger partial charge < -0.3 is 39.0 Å². The van der Waals surface area contributed by atoms with Crippen molar-refractivity contribution in [1.82, 2.24) is 0 Å². The van der Waals surface area contributed by atoms with Crippen LogP contribution >= 0.6 is 0 Å². The Morgan fingerprint density at radius 1 is 0.508 bits per heavy atom. The van der Waals surface area contributed by atoms with Crippen molar-refractivity contribution in [2.45, 2.75) is 276 Å². The van der Waals surface area contributed by atoms with Crippen molar-refractivity contribution in [3.05, 3.63) is 12.2 Å². The number of unbranched alkanes of at least 4 members (excludes halogenated alkanes) is 27. The highest BCUT2D eigenvalue weighted by Crippen LogP contribution is 2.26. The lowest BCUT2D eigenvalue weighted by molar-refractivity contribution is -0.301. The molecular formula is C51H92O12. The van der Waals surface area contributed by atoms with Crippen LogP contribution in [0.25, 0.3) is 0 Å². The Bertz CT molecular complexity index is 1160. The van der Waals surface area contributed by atoms with Crippen molar-refractivity contribution in [3.8, 4) is 0 Å². The minimum absolute atomic E-state index is 0.0671. The van der Waals surface area contributed by atoms with Gasteiger partial charge in [-0.3, -0.25) is 14.4 Å². The molecule has 1 rings (SSSR count). The molecule has 1 heterocycles. The van der Waals surface area contributed by atoms with Crippen molar-refractivity contribution < 1.29 is 58.2 Å². The third-order valence-corrected chi connectivity index (χ3v) is 11.8. The molecule has 1 fully saturated rings. The summed E-state index contributed by atoms with van der Waals surface area (Å²) in [6.45, 7) is 5.90. The van der Waals surface area contributed by atoms with E-state index in [1.807, 2.05) is 0 Å². The highest BCUT2D eigenvalue weighted by molar-refractivity contribution is 5.74. The zero-order valence-electron chi connectivity index (χ0n) is 40.1. The molecule has 368 valence electrons. The Hall–Kier alpha value is -2.54. The summed E-state index contributed by atoms with van der Waals surface area (Å²) in [4.78, 5) is 50.6. The second-order valence-electron chi connectivity index (χ2n) is 17.8. The van der Waals surface area contributed by atoms with Crippen LogP contribution < -0.4 is 0 Å². The first kappa shape index (κ1) is 58.5. The monoisotopic (exact) mass is 897 g/mol. The van der Waals surface area contributed by atoms with Crippen molar-refractivity contribution in [3.63, 3.8) is 0 Å². The quantitative estimate of drug-likeness (QED) is 0.0229. The maximum absolute atomic E-state index is 13.0. The molecule has 0 radical (unpaired) electrons. The smallest absolute Gasteiger partial charge is 0.335 e. The fraction of sp³-hybridized carbons (Fsp3) is 0.882. The van der Waals surface area contributed by atoms with Gasteiger partial charge in [-0.2, -0.15) is 0 Å². The van der Waals surface area contributed by atoms with Gasteiger partial charge >= 0.3 is 23.9 Å². The first-order valence-electron chi connectivity index (χ1n) is 25.7. The van der Waals surface area contributed by atoms with Crippen LogP contribution in [-0.4, -0.2) is 89.2 Å². The molecule has 0 aromatic heterocycles. The molecule has 6 unspecified atom stereocenters. The summed E-state index contributed by atoms with van der Waals surface area (Å²) in [5, 5.41) is 31.3. The zero-order valence-corrected chi connectivity index (χ0v) is 40.1. The third-order valence-electron chi connectivity index (χ3n) is 11.8. The first-order valence-corrected chi connectivity index (χ1v) is 25.7. The lowest BCUT2D eigenvalue weighted by atomic mass is 9.98. The van der Waals surface area contributed by atoms with E-state index in [0.717, 1.165) is 77.0 Å². The molecule has 0 saturated carbocycles. The average molecular weight is 897 g/mol. The highest BCUT2D eigenvalue weighted by Gasteiger charge is 2.50. The fourth-order valence-corrected chi connectivity index (χ4v) is 7.82. The minimum Gasteiger partial charge on any atom is -0.479 e. The number of hydrogen-bond acceptors (Lipinski definition) is 11. The van der Waals surface area contributed by atoms with Crippen LogP contribution in [0.5, 0.6) is 0 Å². The number of ether oxygens (including phenoxy) is 5. The summed E-state index contributed by atoms with van der Waals surface area (Å²) < 4.78 is 28.2. The molecule has 0 bridgehead atoms. The Kier molecular flexibility index (Phi) is 38.0.